The maximum atomic E-state index is 2.69. The summed E-state index contributed by atoms with van der Waals surface area (Å²) in [6.07, 6.45) is 2.78. The molecule has 2 heterocycles. The molecule has 1 aromatic carbocycles. The van der Waals surface area contributed by atoms with Crippen molar-refractivity contribution in [3.8, 4) is 0 Å². The van der Waals surface area contributed by atoms with Gasteiger partial charge in [-0.1, -0.05) is 12.1 Å². The van der Waals surface area contributed by atoms with Crippen molar-refractivity contribution in [1.82, 2.24) is 9.80 Å². The Kier molecular flexibility index (Phi) is 3.99. The van der Waals surface area contributed by atoms with E-state index in [4.69, 9.17) is 0 Å². The van der Waals surface area contributed by atoms with Gasteiger partial charge in [0, 0.05) is 51.5 Å². The van der Waals surface area contributed by atoms with E-state index in [0.717, 1.165) is 12.6 Å². The number of anilines is 1. The molecule has 0 aliphatic carbocycles. The molecule has 0 aromatic heterocycles. The van der Waals surface area contributed by atoms with Crippen molar-refractivity contribution in [3.05, 3.63) is 29.8 Å². The van der Waals surface area contributed by atoms with E-state index >= 15 is 0 Å². The first-order valence-electron chi connectivity index (χ1n) is 7.88. The van der Waals surface area contributed by atoms with Crippen molar-refractivity contribution >= 4 is 5.69 Å². The number of hydrogen-bond acceptors (Lipinski definition) is 3. The first-order chi connectivity index (χ1) is 9.63. The fourth-order valence-electron chi connectivity index (χ4n) is 3.60. The van der Waals surface area contributed by atoms with E-state index in [0.29, 0.717) is 6.04 Å². The van der Waals surface area contributed by atoms with Crippen LogP contribution in [0.4, 0.5) is 5.69 Å². The van der Waals surface area contributed by atoms with Crippen LogP contribution in [-0.2, 0) is 6.54 Å². The van der Waals surface area contributed by atoms with Crippen LogP contribution < -0.4 is 4.90 Å². The van der Waals surface area contributed by atoms with Crippen LogP contribution in [0.2, 0.25) is 0 Å². The Balaban J connectivity index is 1.64. The molecule has 0 spiro atoms. The van der Waals surface area contributed by atoms with Gasteiger partial charge in [-0.05, 0) is 44.0 Å². The van der Waals surface area contributed by atoms with Crippen LogP contribution >= 0.6 is 0 Å². The third-order valence-corrected chi connectivity index (χ3v) is 4.90. The lowest BCUT2D eigenvalue weighted by Gasteiger charge is -2.42. The van der Waals surface area contributed by atoms with Gasteiger partial charge in [0.15, 0.2) is 0 Å². The first-order valence-corrected chi connectivity index (χ1v) is 7.88. The molecule has 2 aliphatic rings. The van der Waals surface area contributed by atoms with Gasteiger partial charge in [-0.3, -0.25) is 9.80 Å². The van der Waals surface area contributed by atoms with Gasteiger partial charge in [0.2, 0.25) is 0 Å². The van der Waals surface area contributed by atoms with Gasteiger partial charge in [-0.15, -0.1) is 0 Å². The Morgan fingerprint density at radius 2 is 1.90 bits per heavy atom. The highest BCUT2D eigenvalue weighted by Crippen LogP contribution is 2.26. The van der Waals surface area contributed by atoms with E-state index in [1.165, 1.54) is 43.7 Å². The van der Waals surface area contributed by atoms with Gasteiger partial charge in [-0.2, -0.15) is 0 Å². The monoisotopic (exact) mass is 273 g/mol. The zero-order valence-electron chi connectivity index (χ0n) is 13.0. The molecule has 0 unspecified atom stereocenters. The average molecular weight is 273 g/mol. The summed E-state index contributed by atoms with van der Waals surface area (Å²) >= 11 is 0. The van der Waals surface area contributed by atoms with Crippen LogP contribution in [0.25, 0.3) is 0 Å². The largest absolute Gasteiger partial charge is 0.378 e. The SMILES string of the molecule is C[C@@H]1CN2CCC[C@@H]2CN1Cc1ccc(N(C)C)cc1. The molecular formula is C17H27N3. The lowest BCUT2D eigenvalue weighted by Crippen LogP contribution is -2.54. The Labute approximate surface area is 123 Å². The van der Waals surface area contributed by atoms with Gasteiger partial charge in [0.05, 0.1) is 0 Å². The maximum absolute atomic E-state index is 2.69. The number of nitrogens with zero attached hydrogens (tertiary/aromatic N) is 3. The molecule has 3 heteroatoms. The van der Waals surface area contributed by atoms with E-state index in [9.17, 15) is 0 Å². The normalized spacial score (nSPS) is 27.6. The van der Waals surface area contributed by atoms with Gasteiger partial charge < -0.3 is 4.90 Å². The Bertz CT molecular complexity index is 440. The van der Waals surface area contributed by atoms with E-state index in [2.05, 4.69) is 60.0 Å². The third-order valence-electron chi connectivity index (χ3n) is 4.90. The second kappa shape index (κ2) is 5.74. The number of hydrogen-bond donors (Lipinski definition) is 0. The summed E-state index contributed by atoms with van der Waals surface area (Å²) in [5.41, 5.74) is 2.72. The highest BCUT2D eigenvalue weighted by Gasteiger charge is 2.34. The Morgan fingerprint density at radius 1 is 1.15 bits per heavy atom. The van der Waals surface area contributed by atoms with Crippen molar-refractivity contribution < 1.29 is 0 Å². The molecule has 0 radical (unpaired) electrons. The molecule has 2 saturated heterocycles. The van der Waals surface area contributed by atoms with Gasteiger partial charge in [-0.25, -0.2) is 0 Å². The molecule has 2 fully saturated rings. The van der Waals surface area contributed by atoms with Crippen LogP contribution in [0.3, 0.4) is 0 Å². The molecule has 2 atom stereocenters. The Morgan fingerprint density at radius 3 is 2.60 bits per heavy atom. The van der Waals surface area contributed by atoms with E-state index in [-0.39, 0.29) is 0 Å². The van der Waals surface area contributed by atoms with Gasteiger partial charge >= 0.3 is 0 Å². The minimum atomic E-state index is 0.679. The summed E-state index contributed by atoms with van der Waals surface area (Å²) in [7, 11) is 4.19. The summed E-state index contributed by atoms with van der Waals surface area (Å²) in [5.74, 6) is 0. The molecule has 20 heavy (non-hydrogen) atoms. The third kappa shape index (κ3) is 2.84. The van der Waals surface area contributed by atoms with Crippen LogP contribution in [0.1, 0.15) is 25.3 Å². The first kappa shape index (κ1) is 13.9. The molecule has 0 N–H and O–H groups in total. The van der Waals surface area contributed by atoms with Gasteiger partial charge in [0.1, 0.15) is 0 Å². The summed E-state index contributed by atoms with van der Waals surface area (Å²) in [6, 6.07) is 10.5. The standard InChI is InChI=1S/C17H27N3/c1-14-11-19-10-4-5-17(19)13-20(14)12-15-6-8-16(9-7-15)18(2)3/h6-9,14,17H,4-5,10-13H2,1-3H3/t14-,17-/m1/s1. The molecule has 0 bridgehead atoms. The summed E-state index contributed by atoms with van der Waals surface area (Å²) in [4.78, 5) is 7.51. The average Bonchev–Trinajstić information content (AvgIpc) is 2.87. The second-order valence-corrected chi connectivity index (χ2v) is 6.63. The molecule has 3 rings (SSSR count). The van der Waals surface area contributed by atoms with Crippen molar-refractivity contribution in [2.24, 2.45) is 0 Å². The lowest BCUT2D eigenvalue weighted by atomic mass is 10.1. The number of fused-ring (bicyclic) bond motifs is 1. The minimum Gasteiger partial charge on any atom is -0.378 e. The lowest BCUT2D eigenvalue weighted by molar-refractivity contribution is 0.0540. The molecule has 110 valence electrons. The predicted molar refractivity (Wildman–Crippen MR) is 85.2 cm³/mol. The van der Waals surface area contributed by atoms with Crippen molar-refractivity contribution in [3.63, 3.8) is 0 Å². The maximum Gasteiger partial charge on any atom is 0.0361 e. The quantitative estimate of drug-likeness (QED) is 0.837. The van der Waals surface area contributed by atoms with Crippen LogP contribution in [-0.4, -0.2) is 55.6 Å². The van der Waals surface area contributed by atoms with E-state index in [1.807, 2.05) is 0 Å². The second-order valence-electron chi connectivity index (χ2n) is 6.63. The number of benzene rings is 1. The van der Waals surface area contributed by atoms with Crippen molar-refractivity contribution in [2.45, 2.75) is 38.4 Å². The van der Waals surface area contributed by atoms with E-state index < -0.39 is 0 Å². The number of rotatable bonds is 3. The zero-order valence-corrected chi connectivity index (χ0v) is 13.0. The number of piperazine rings is 1. The Hall–Kier alpha value is -1.06. The molecular weight excluding hydrogens is 246 g/mol. The zero-order chi connectivity index (χ0) is 14.1. The summed E-state index contributed by atoms with van der Waals surface area (Å²) in [5, 5.41) is 0. The van der Waals surface area contributed by atoms with E-state index in [1.54, 1.807) is 0 Å². The van der Waals surface area contributed by atoms with Crippen LogP contribution in [0, 0.1) is 0 Å². The van der Waals surface area contributed by atoms with Crippen LogP contribution in [0.5, 0.6) is 0 Å². The molecule has 3 nitrogen and oxygen atoms in total. The summed E-state index contributed by atoms with van der Waals surface area (Å²) in [6.45, 7) is 7.29. The fourth-order valence-corrected chi connectivity index (χ4v) is 3.60. The smallest absolute Gasteiger partial charge is 0.0361 e. The molecule has 0 amide bonds. The highest BCUT2D eigenvalue weighted by molar-refractivity contribution is 5.45. The molecule has 1 aromatic rings. The highest BCUT2D eigenvalue weighted by atomic mass is 15.3. The van der Waals surface area contributed by atoms with Crippen LogP contribution in [0.15, 0.2) is 24.3 Å². The van der Waals surface area contributed by atoms with Crippen molar-refractivity contribution in [1.29, 1.82) is 0 Å². The fraction of sp³-hybridized carbons (Fsp3) is 0.647. The molecule has 0 saturated carbocycles. The minimum absolute atomic E-state index is 0.679. The van der Waals surface area contributed by atoms with Gasteiger partial charge in [0.25, 0.3) is 0 Å². The molecule has 2 aliphatic heterocycles. The topological polar surface area (TPSA) is 9.72 Å². The summed E-state index contributed by atoms with van der Waals surface area (Å²) < 4.78 is 0. The predicted octanol–water partition coefficient (Wildman–Crippen LogP) is 2.42. The van der Waals surface area contributed by atoms with Crippen molar-refractivity contribution in [2.75, 3.05) is 38.6 Å².